The van der Waals surface area contributed by atoms with Crippen LogP contribution >= 0.6 is 11.6 Å². The summed E-state index contributed by atoms with van der Waals surface area (Å²) in [5.74, 6) is 1.19. The molecule has 5 nitrogen and oxygen atoms in total. The van der Waals surface area contributed by atoms with Gasteiger partial charge in [-0.15, -0.1) is 0 Å². The molecule has 6 heteroatoms. The summed E-state index contributed by atoms with van der Waals surface area (Å²) in [5.41, 5.74) is 4.77. The summed E-state index contributed by atoms with van der Waals surface area (Å²) in [4.78, 5) is 22.2. The van der Waals surface area contributed by atoms with E-state index in [9.17, 15) is 4.79 Å². The minimum Gasteiger partial charge on any atom is -0.495 e. The SMILES string of the molecule is CC[C@H](C1CC1)n1c(=O)c(C)nc2c(-c3cc(Cl)c(OC)cc3C)ccnc21. The van der Waals surface area contributed by atoms with E-state index in [4.69, 9.17) is 16.3 Å². The number of benzene rings is 1. The van der Waals surface area contributed by atoms with Gasteiger partial charge in [-0.2, -0.15) is 0 Å². The summed E-state index contributed by atoms with van der Waals surface area (Å²) in [5, 5.41) is 0.544. The number of fused-ring (bicyclic) bond motifs is 1. The summed E-state index contributed by atoms with van der Waals surface area (Å²) < 4.78 is 7.21. The lowest BCUT2D eigenvalue weighted by atomic mass is 9.99. The van der Waals surface area contributed by atoms with Gasteiger partial charge >= 0.3 is 0 Å². The predicted octanol–water partition coefficient (Wildman–Crippen LogP) is 5.10. The number of pyridine rings is 1. The number of hydrogen-bond acceptors (Lipinski definition) is 4. The molecule has 2 aromatic heterocycles. The van der Waals surface area contributed by atoms with Crippen LogP contribution in [0.5, 0.6) is 5.75 Å². The van der Waals surface area contributed by atoms with Gasteiger partial charge in [-0.05, 0) is 68.4 Å². The molecule has 1 aliphatic rings. The van der Waals surface area contributed by atoms with Gasteiger partial charge in [0.05, 0.1) is 12.1 Å². The molecule has 0 aliphatic heterocycles. The van der Waals surface area contributed by atoms with Crippen molar-refractivity contribution in [3.05, 3.63) is 51.0 Å². The van der Waals surface area contributed by atoms with Crippen molar-refractivity contribution >= 4 is 22.8 Å². The lowest BCUT2D eigenvalue weighted by Gasteiger charge is -2.21. The molecule has 1 atom stereocenters. The van der Waals surface area contributed by atoms with Crippen molar-refractivity contribution in [1.29, 1.82) is 0 Å². The quantitative estimate of drug-likeness (QED) is 0.601. The van der Waals surface area contributed by atoms with Crippen LogP contribution in [-0.4, -0.2) is 21.6 Å². The van der Waals surface area contributed by atoms with E-state index in [1.54, 1.807) is 20.2 Å². The highest BCUT2D eigenvalue weighted by Gasteiger charge is 2.33. The number of hydrogen-bond donors (Lipinski definition) is 0. The van der Waals surface area contributed by atoms with E-state index < -0.39 is 0 Å². The Kier molecular flexibility index (Phi) is 4.88. The zero-order valence-electron chi connectivity index (χ0n) is 16.6. The Hall–Kier alpha value is -2.40. The monoisotopic (exact) mass is 397 g/mol. The lowest BCUT2D eigenvalue weighted by Crippen LogP contribution is -2.29. The number of ether oxygens (including phenoxy) is 1. The molecule has 0 bridgehead atoms. The second kappa shape index (κ2) is 7.21. The van der Waals surface area contributed by atoms with E-state index in [0.717, 1.165) is 28.6 Å². The number of rotatable bonds is 5. The number of methoxy groups -OCH3 is 1. The van der Waals surface area contributed by atoms with Gasteiger partial charge in [-0.1, -0.05) is 18.5 Å². The fourth-order valence-electron chi connectivity index (χ4n) is 4.05. The molecule has 0 saturated heterocycles. The van der Waals surface area contributed by atoms with Crippen LogP contribution in [0, 0.1) is 19.8 Å². The van der Waals surface area contributed by atoms with Crippen LogP contribution < -0.4 is 10.3 Å². The molecule has 1 fully saturated rings. The second-order valence-electron chi connectivity index (χ2n) is 7.52. The molecule has 0 unspecified atom stereocenters. The van der Waals surface area contributed by atoms with Crippen molar-refractivity contribution < 1.29 is 4.74 Å². The van der Waals surface area contributed by atoms with E-state index in [1.807, 2.05) is 29.7 Å². The van der Waals surface area contributed by atoms with Crippen molar-refractivity contribution in [3.8, 4) is 16.9 Å². The van der Waals surface area contributed by atoms with Crippen LogP contribution in [0.1, 0.15) is 43.5 Å². The highest BCUT2D eigenvalue weighted by Crippen LogP contribution is 2.42. The molecule has 1 aromatic carbocycles. The summed E-state index contributed by atoms with van der Waals surface area (Å²) in [6.45, 7) is 5.93. The predicted molar refractivity (Wildman–Crippen MR) is 112 cm³/mol. The maximum Gasteiger partial charge on any atom is 0.273 e. The maximum atomic E-state index is 13.0. The molecule has 28 heavy (non-hydrogen) atoms. The molecule has 0 spiro atoms. The Morgan fingerprint density at radius 1 is 1.29 bits per heavy atom. The van der Waals surface area contributed by atoms with Crippen LogP contribution in [0.25, 0.3) is 22.3 Å². The van der Waals surface area contributed by atoms with E-state index in [-0.39, 0.29) is 11.6 Å². The minimum absolute atomic E-state index is 0.0413. The number of aromatic nitrogens is 3. The molecule has 0 N–H and O–H groups in total. The van der Waals surface area contributed by atoms with E-state index >= 15 is 0 Å². The molecule has 2 heterocycles. The normalized spacial score (nSPS) is 15.0. The third-order valence-corrected chi connectivity index (χ3v) is 5.94. The summed E-state index contributed by atoms with van der Waals surface area (Å²) in [6, 6.07) is 5.92. The van der Waals surface area contributed by atoms with Gasteiger partial charge in [0, 0.05) is 17.8 Å². The van der Waals surface area contributed by atoms with Crippen LogP contribution in [0.2, 0.25) is 5.02 Å². The van der Waals surface area contributed by atoms with Crippen molar-refractivity contribution in [2.45, 2.75) is 46.1 Å². The van der Waals surface area contributed by atoms with Crippen LogP contribution in [0.3, 0.4) is 0 Å². The molecule has 0 radical (unpaired) electrons. The van der Waals surface area contributed by atoms with Gasteiger partial charge in [0.2, 0.25) is 0 Å². The minimum atomic E-state index is -0.0413. The van der Waals surface area contributed by atoms with E-state index in [1.165, 1.54) is 12.8 Å². The van der Waals surface area contributed by atoms with Crippen molar-refractivity contribution in [2.75, 3.05) is 7.11 Å². The number of aryl methyl sites for hydroxylation is 2. The molecule has 0 amide bonds. The summed E-state index contributed by atoms with van der Waals surface area (Å²) >= 11 is 6.40. The zero-order valence-corrected chi connectivity index (χ0v) is 17.4. The van der Waals surface area contributed by atoms with E-state index in [0.29, 0.717) is 28.0 Å². The van der Waals surface area contributed by atoms with Crippen molar-refractivity contribution in [3.63, 3.8) is 0 Å². The molecule has 4 rings (SSSR count). The Balaban J connectivity index is 2.01. The Morgan fingerprint density at radius 2 is 2.04 bits per heavy atom. The second-order valence-corrected chi connectivity index (χ2v) is 7.92. The molecular weight excluding hydrogens is 374 g/mol. The molecular formula is C22H24ClN3O2. The maximum absolute atomic E-state index is 13.0. The third kappa shape index (κ3) is 3.08. The van der Waals surface area contributed by atoms with Gasteiger partial charge in [-0.3, -0.25) is 9.36 Å². The molecule has 3 aromatic rings. The first-order valence-electron chi connectivity index (χ1n) is 9.68. The fraction of sp³-hybridized carbons (Fsp3) is 0.409. The molecule has 146 valence electrons. The topological polar surface area (TPSA) is 57.0 Å². The largest absolute Gasteiger partial charge is 0.495 e. The first-order chi connectivity index (χ1) is 13.5. The van der Waals surface area contributed by atoms with Crippen molar-refractivity contribution in [2.24, 2.45) is 5.92 Å². The Morgan fingerprint density at radius 3 is 2.68 bits per heavy atom. The van der Waals surface area contributed by atoms with Gasteiger partial charge < -0.3 is 4.74 Å². The van der Waals surface area contributed by atoms with Gasteiger partial charge in [0.15, 0.2) is 5.65 Å². The third-order valence-electron chi connectivity index (χ3n) is 5.65. The smallest absolute Gasteiger partial charge is 0.273 e. The highest BCUT2D eigenvalue weighted by atomic mass is 35.5. The van der Waals surface area contributed by atoms with Gasteiger partial charge in [-0.25, -0.2) is 9.97 Å². The number of nitrogens with zero attached hydrogens (tertiary/aromatic N) is 3. The van der Waals surface area contributed by atoms with Crippen LogP contribution in [-0.2, 0) is 0 Å². The first kappa shape index (κ1) is 18.9. The Bertz CT molecular complexity index is 1120. The van der Waals surface area contributed by atoms with Gasteiger partial charge in [0.25, 0.3) is 5.56 Å². The van der Waals surface area contributed by atoms with Crippen LogP contribution in [0.15, 0.2) is 29.2 Å². The highest BCUT2D eigenvalue weighted by molar-refractivity contribution is 6.32. The van der Waals surface area contributed by atoms with E-state index in [2.05, 4.69) is 16.9 Å². The zero-order chi connectivity index (χ0) is 20.0. The average Bonchev–Trinajstić information content (AvgIpc) is 3.51. The average molecular weight is 398 g/mol. The fourth-order valence-corrected chi connectivity index (χ4v) is 4.29. The molecule has 1 saturated carbocycles. The standard InChI is InChI=1S/C22H24ClN3O2/c1-5-18(14-6-7-14)26-21-20(25-13(3)22(26)27)15(8-9-24-21)16-11-17(23)19(28-4)10-12(16)2/h8-11,14,18H,5-7H2,1-4H3/t18-/m1/s1. The summed E-state index contributed by atoms with van der Waals surface area (Å²) in [6.07, 6.45) is 4.99. The van der Waals surface area contributed by atoms with Crippen LogP contribution in [0.4, 0.5) is 0 Å². The Labute approximate surface area is 169 Å². The summed E-state index contributed by atoms with van der Waals surface area (Å²) in [7, 11) is 1.61. The number of halogens is 1. The molecule has 1 aliphatic carbocycles. The lowest BCUT2D eigenvalue weighted by molar-refractivity contribution is 0.415. The van der Waals surface area contributed by atoms with Crippen molar-refractivity contribution in [1.82, 2.24) is 14.5 Å². The first-order valence-corrected chi connectivity index (χ1v) is 10.1. The van der Waals surface area contributed by atoms with Gasteiger partial charge in [0.1, 0.15) is 17.0 Å².